The summed E-state index contributed by atoms with van der Waals surface area (Å²) < 4.78 is 11.3. The predicted molar refractivity (Wildman–Crippen MR) is 137 cm³/mol. The summed E-state index contributed by atoms with van der Waals surface area (Å²) in [6.07, 6.45) is 6.40. The van der Waals surface area contributed by atoms with Crippen molar-refractivity contribution in [2.75, 3.05) is 53.5 Å². The summed E-state index contributed by atoms with van der Waals surface area (Å²) in [6.45, 7) is 4.57. The van der Waals surface area contributed by atoms with Gasteiger partial charge < -0.3 is 24.6 Å². The predicted octanol–water partition coefficient (Wildman–Crippen LogP) is 3.02. The van der Waals surface area contributed by atoms with Crippen molar-refractivity contribution >= 4 is 35.8 Å². The third kappa shape index (κ3) is 5.32. The Labute approximate surface area is 208 Å². The second-order valence-corrected chi connectivity index (χ2v) is 8.90. The van der Waals surface area contributed by atoms with Crippen LogP contribution >= 0.6 is 24.0 Å². The summed E-state index contributed by atoms with van der Waals surface area (Å²) in [5, 5.41) is 3.66. The van der Waals surface area contributed by atoms with Crippen molar-refractivity contribution in [2.24, 2.45) is 4.99 Å². The fraction of sp³-hybridized carbons (Fsp3) is 0.667. The standard InChI is InChI=1S/C24H36N4O3.HI/c1-25-23(28-15-13-27(14-16-28)22(29)21-10-7-17-31-21)26-18-24(11-5-6-12-24)19-8-3-4-9-20(19)30-2;/h3-4,8-9,21H,5-7,10-18H2,1-2H3,(H,25,26);1H. The number of carbonyl (C=O) groups is 1. The molecule has 178 valence electrons. The second kappa shape index (κ2) is 11.5. The Kier molecular flexibility index (Phi) is 9.04. The van der Waals surface area contributed by atoms with Crippen LogP contribution in [0.5, 0.6) is 5.75 Å². The van der Waals surface area contributed by atoms with Crippen LogP contribution < -0.4 is 10.1 Å². The van der Waals surface area contributed by atoms with Gasteiger partial charge in [-0.05, 0) is 31.7 Å². The third-order valence-electron chi connectivity index (χ3n) is 7.13. The van der Waals surface area contributed by atoms with Crippen molar-refractivity contribution in [1.29, 1.82) is 0 Å². The van der Waals surface area contributed by atoms with Gasteiger partial charge in [-0.25, -0.2) is 0 Å². The topological polar surface area (TPSA) is 66.4 Å². The molecule has 1 aromatic carbocycles. The van der Waals surface area contributed by atoms with Gasteiger partial charge in [0.2, 0.25) is 0 Å². The Morgan fingerprint density at radius 1 is 1.16 bits per heavy atom. The smallest absolute Gasteiger partial charge is 0.251 e. The fourth-order valence-corrected chi connectivity index (χ4v) is 5.37. The Morgan fingerprint density at radius 3 is 2.47 bits per heavy atom. The van der Waals surface area contributed by atoms with E-state index in [1.165, 1.54) is 18.4 Å². The monoisotopic (exact) mass is 556 g/mol. The molecule has 4 rings (SSSR count). The van der Waals surface area contributed by atoms with Gasteiger partial charge in [-0.3, -0.25) is 9.79 Å². The first-order valence-electron chi connectivity index (χ1n) is 11.7. The molecule has 2 aliphatic heterocycles. The number of nitrogens with one attached hydrogen (secondary N) is 1. The summed E-state index contributed by atoms with van der Waals surface area (Å²) in [6, 6.07) is 8.42. The number of carbonyl (C=O) groups excluding carboxylic acids is 1. The van der Waals surface area contributed by atoms with Gasteiger partial charge in [-0.2, -0.15) is 0 Å². The molecule has 32 heavy (non-hydrogen) atoms. The van der Waals surface area contributed by atoms with Gasteiger partial charge in [-0.15, -0.1) is 24.0 Å². The summed E-state index contributed by atoms with van der Waals surface area (Å²) in [7, 11) is 3.60. The molecule has 1 N–H and O–H groups in total. The number of para-hydroxylation sites is 1. The highest BCUT2D eigenvalue weighted by Gasteiger charge is 2.38. The molecular weight excluding hydrogens is 519 g/mol. The molecule has 0 aromatic heterocycles. The van der Waals surface area contributed by atoms with E-state index in [1.54, 1.807) is 7.11 Å². The number of aliphatic imine (C=N–C) groups is 1. The lowest BCUT2D eigenvalue weighted by Crippen LogP contribution is -2.56. The number of benzene rings is 1. The van der Waals surface area contributed by atoms with Gasteiger partial charge in [0, 0.05) is 57.4 Å². The molecule has 3 aliphatic rings. The number of piperazine rings is 1. The normalized spacial score (nSPS) is 23.1. The van der Waals surface area contributed by atoms with Crippen LogP contribution in [0, 0.1) is 0 Å². The summed E-state index contributed by atoms with van der Waals surface area (Å²) >= 11 is 0. The molecule has 0 bridgehead atoms. The Bertz CT molecular complexity index is 783. The maximum atomic E-state index is 12.6. The first-order valence-corrected chi connectivity index (χ1v) is 11.7. The molecule has 7 nitrogen and oxygen atoms in total. The van der Waals surface area contributed by atoms with E-state index in [-0.39, 0.29) is 41.4 Å². The lowest BCUT2D eigenvalue weighted by Gasteiger charge is -2.39. The van der Waals surface area contributed by atoms with Gasteiger partial charge in [0.15, 0.2) is 5.96 Å². The van der Waals surface area contributed by atoms with Gasteiger partial charge in [0.25, 0.3) is 5.91 Å². The molecule has 1 aliphatic carbocycles. The van der Waals surface area contributed by atoms with Crippen LogP contribution in [0.2, 0.25) is 0 Å². The van der Waals surface area contributed by atoms with E-state index < -0.39 is 0 Å². The van der Waals surface area contributed by atoms with E-state index in [9.17, 15) is 4.79 Å². The summed E-state index contributed by atoms with van der Waals surface area (Å²) in [5.74, 6) is 2.05. The number of amides is 1. The molecule has 1 atom stereocenters. The minimum Gasteiger partial charge on any atom is -0.496 e. The van der Waals surface area contributed by atoms with Crippen LogP contribution in [0.15, 0.2) is 29.3 Å². The van der Waals surface area contributed by atoms with Crippen LogP contribution in [-0.4, -0.2) is 81.3 Å². The number of nitrogens with zero attached hydrogens (tertiary/aromatic N) is 3. The lowest BCUT2D eigenvalue weighted by molar-refractivity contribution is -0.142. The largest absolute Gasteiger partial charge is 0.496 e. The zero-order chi connectivity index (χ0) is 21.7. The first-order chi connectivity index (χ1) is 15.2. The number of hydrogen-bond donors (Lipinski definition) is 1. The highest BCUT2D eigenvalue weighted by Crippen LogP contribution is 2.44. The maximum absolute atomic E-state index is 12.6. The molecular formula is C24H37IN4O3. The molecule has 2 saturated heterocycles. The molecule has 1 amide bonds. The Balaban J connectivity index is 0.00000289. The average molecular weight is 556 g/mol. The molecule has 8 heteroatoms. The number of ether oxygens (including phenoxy) is 2. The number of hydrogen-bond acceptors (Lipinski definition) is 4. The molecule has 2 heterocycles. The minimum atomic E-state index is -0.230. The Hall–Kier alpha value is -1.55. The first kappa shape index (κ1) is 25.1. The quantitative estimate of drug-likeness (QED) is 0.343. The highest BCUT2D eigenvalue weighted by molar-refractivity contribution is 14.0. The summed E-state index contributed by atoms with van der Waals surface area (Å²) in [5.41, 5.74) is 1.37. The fourth-order valence-electron chi connectivity index (χ4n) is 5.37. The molecule has 1 aromatic rings. The second-order valence-electron chi connectivity index (χ2n) is 8.90. The zero-order valence-corrected chi connectivity index (χ0v) is 21.7. The van der Waals surface area contributed by atoms with E-state index >= 15 is 0 Å². The van der Waals surface area contributed by atoms with Gasteiger partial charge >= 0.3 is 0 Å². The third-order valence-corrected chi connectivity index (χ3v) is 7.13. The molecule has 1 saturated carbocycles. The van der Waals surface area contributed by atoms with E-state index in [1.807, 2.05) is 18.0 Å². The SMILES string of the molecule is CN=C(NCC1(c2ccccc2OC)CCCC1)N1CCN(C(=O)C2CCCO2)CC1.I. The van der Waals surface area contributed by atoms with Gasteiger partial charge in [0.05, 0.1) is 7.11 Å². The van der Waals surface area contributed by atoms with E-state index in [0.29, 0.717) is 6.61 Å². The number of rotatable bonds is 5. The minimum absolute atomic E-state index is 0. The van der Waals surface area contributed by atoms with Crippen LogP contribution in [0.1, 0.15) is 44.1 Å². The van der Waals surface area contributed by atoms with Crippen molar-refractivity contribution in [3.63, 3.8) is 0 Å². The zero-order valence-electron chi connectivity index (χ0n) is 19.3. The van der Waals surface area contributed by atoms with E-state index in [4.69, 9.17) is 9.47 Å². The average Bonchev–Trinajstić information content (AvgIpc) is 3.53. The highest BCUT2D eigenvalue weighted by atomic mass is 127. The Morgan fingerprint density at radius 2 is 1.84 bits per heavy atom. The maximum Gasteiger partial charge on any atom is 0.251 e. The van der Waals surface area contributed by atoms with Crippen LogP contribution in [0.3, 0.4) is 0 Å². The number of guanidine groups is 1. The van der Waals surface area contributed by atoms with Crippen molar-refractivity contribution < 1.29 is 14.3 Å². The molecule has 0 spiro atoms. The molecule has 1 unspecified atom stereocenters. The van der Waals surface area contributed by atoms with Gasteiger partial charge in [0.1, 0.15) is 11.9 Å². The number of halogens is 1. The van der Waals surface area contributed by atoms with Crippen LogP contribution in [0.4, 0.5) is 0 Å². The molecule has 0 radical (unpaired) electrons. The van der Waals surface area contributed by atoms with E-state index in [0.717, 1.165) is 70.1 Å². The summed E-state index contributed by atoms with van der Waals surface area (Å²) in [4.78, 5) is 21.4. The van der Waals surface area contributed by atoms with Gasteiger partial charge in [-0.1, -0.05) is 31.0 Å². The number of methoxy groups -OCH3 is 1. The van der Waals surface area contributed by atoms with Crippen molar-refractivity contribution in [1.82, 2.24) is 15.1 Å². The van der Waals surface area contributed by atoms with Crippen molar-refractivity contribution in [3.05, 3.63) is 29.8 Å². The lowest BCUT2D eigenvalue weighted by atomic mass is 9.78. The van der Waals surface area contributed by atoms with E-state index in [2.05, 4.69) is 33.4 Å². The molecule has 3 fully saturated rings. The van der Waals surface area contributed by atoms with Crippen molar-refractivity contribution in [3.8, 4) is 5.75 Å². The van der Waals surface area contributed by atoms with Crippen molar-refractivity contribution in [2.45, 2.75) is 50.0 Å². The van der Waals surface area contributed by atoms with Crippen LogP contribution in [0.25, 0.3) is 0 Å². The van der Waals surface area contributed by atoms with Crippen LogP contribution in [-0.2, 0) is 14.9 Å².